The van der Waals surface area contributed by atoms with Crippen LogP contribution in [0.5, 0.6) is 11.5 Å². The summed E-state index contributed by atoms with van der Waals surface area (Å²) in [5.74, 6) is 1.48. The van der Waals surface area contributed by atoms with Crippen molar-refractivity contribution in [1.29, 1.82) is 0 Å². The van der Waals surface area contributed by atoms with E-state index < -0.39 is 0 Å². The van der Waals surface area contributed by atoms with Gasteiger partial charge in [-0.2, -0.15) is 0 Å². The topological polar surface area (TPSA) is 47.9 Å². The molecule has 0 aliphatic rings. The molecule has 0 bridgehead atoms. The van der Waals surface area contributed by atoms with Gasteiger partial charge in [-0.05, 0) is 42.3 Å². The summed E-state index contributed by atoms with van der Waals surface area (Å²) in [6.07, 6.45) is 0. The van der Waals surface area contributed by atoms with E-state index >= 15 is 0 Å². The van der Waals surface area contributed by atoms with Gasteiger partial charge in [-0.25, -0.2) is 0 Å². The average molecular weight is 288 g/mol. The molecule has 4 heteroatoms. The van der Waals surface area contributed by atoms with Crippen LogP contribution >= 0.6 is 0 Å². The van der Waals surface area contributed by atoms with Crippen molar-refractivity contribution in [2.75, 3.05) is 26.6 Å². The number of rotatable bonds is 8. The summed E-state index contributed by atoms with van der Waals surface area (Å²) in [7, 11) is 0. The second kappa shape index (κ2) is 8.29. The van der Waals surface area contributed by atoms with Crippen LogP contribution in [0, 0.1) is 0 Å². The van der Waals surface area contributed by atoms with Gasteiger partial charge in [0.05, 0.1) is 6.61 Å². The minimum atomic E-state index is -0.312. The number of aliphatic hydroxyl groups is 1. The van der Waals surface area contributed by atoms with E-state index in [1.807, 2.05) is 55.5 Å². The first-order valence-electron chi connectivity index (χ1n) is 6.98. The maximum absolute atomic E-state index is 8.70. The Morgan fingerprint density at radius 1 is 0.762 bits per heavy atom. The van der Waals surface area contributed by atoms with Gasteiger partial charge in [0.25, 0.3) is 0 Å². The Balaban J connectivity index is 1.94. The number of hydrogen-bond acceptors (Lipinski definition) is 4. The van der Waals surface area contributed by atoms with Crippen molar-refractivity contribution in [3.63, 3.8) is 0 Å². The second-order valence-electron chi connectivity index (χ2n) is 4.37. The lowest BCUT2D eigenvalue weighted by molar-refractivity contribution is 0.0985. The monoisotopic (exact) mass is 288 g/mol. The SMILES string of the molecule is CCOCCOc1ccc(-c2ccc(OCO)cc2)cc1. The molecule has 0 aromatic heterocycles. The van der Waals surface area contributed by atoms with Crippen molar-refractivity contribution in [3.05, 3.63) is 48.5 Å². The smallest absolute Gasteiger partial charge is 0.186 e. The first-order valence-corrected chi connectivity index (χ1v) is 6.98. The first kappa shape index (κ1) is 15.4. The zero-order valence-corrected chi connectivity index (χ0v) is 12.1. The molecular weight excluding hydrogens is 268 g/mol. The molecule has 1 N–H and O–H groups in total. The molecule has 2 aromatic carbocycles. The largest absolute Gasteiger partial charge is 0.491 e. The molecule has 0 spiro atoms. The summed E-state index contributed by atoms with van der Waals surface area (Å²) in [5, 5.41) is 8.70. The third-order valence-electron chi connectivity index (χ3n) is 2.97. The van der Waals surface area contributed by atoms with Crippen LogP contribution in [0.2, 0.25) is 0 Å². The van der Waals surface area contributed by atoms with E-state index in [1.54, 1.807) is 0 Å². The average Bonchev–Trinajstić information content (AvgIpc) is 2.53. The molecule has 0 atom stereocenters. The van der Waals surface area contributed by atoms with Gasteiger partial charge in [-0.15, -0.1) is 0 Å². The highest BCUT2D eigenvalue weighted by atomic mass is 16.6. The van der Waals surface area contributed by atoms with Gasteiger partial charge in [0.15, 0.2) is 6.79 Å². The van der Waals surface area contributed by atoms with Crippen LogP contribution in [0.15, 0.2) is 48.5 Å². The maximum Gasteiger partial charge on any atom is 0.186 e. The molecule has 2 aromatic rings. The van der Waals surface area contributed by atoms with Crippen molar-refractivity contribution in [2.24, 2.45) is 0 Å². The van der Waals surface area contributed by atoms with Crippen LogP contribution in [-0.2, 0) is 4.74 Å². The van der Waals surface area contributed by atoms with Gasteiger partial charge in [-0.3, -0.25) is 0 Å². The molecule has 21 heavy (non-hydrogen) atoms. The minimum absolute atomic E-state index is 0.312. The fourth-order valence-electron chi connectivity index (χ4n) is 1.92. The maximum atomic E-state index is 8.70. The second-order valence-corrected chi connectivity index (χ2v) is 4.37. The Hall–Kier alpha value is -2.04. The van der Waals surface area contributed by atoms with Crippen molar-refractivity contribution >= 4 is 0 Å². The highest BCUT2D eigenvalue weighted by Crippen LogP contribution is 2.24. The third-order valence-corrected chi connectivity index (χ3v) is 2.97. The summed E-state index contributed by atoms with van der Waals surface area (Å²) in [5.41, 5.74) is 2.18. The Morgan fingerprint density at radius 2 is 1.29 bits per heavy atom. The van der Waals surface area contributed by atoms with Gasteiger partial charge in [0.1, 0.15) is 18.1 Å². The van der Waals surface area contributed by atoms with Crippen LogP contribution in [0.3, 0.4) is 0 Å². The van der Waals surface area contributed by atoms with E-state index in [0.29, 0.717) is 25.6 Å². The lowest BCUT2D eigenvalue weighted by Gasteiger charge is -2.08. The first-order chi connectivity index (χ1) is 10.3. The predicted octanol–water partition coefficient (Wildman–Crippen LogP) is 3.10. The number of benzene rings is 2. The Morgan fingerprint density at radius 3 is 1.76 bits per heavy atom. The summed E-state index contributed by atoms with van der Waals surface area (Å²) < 4.78 is 15.8. The lowest BCUT2D eigenvalue weighted by Crippen LogP contribution is -2.06. The zero-order chi connectivity index (χ0) is 14.9. The van der Waals surface area contributed by atoms with E-state index in [1.165, 1.54) is 0 Å². The van der Waals surface area contributed by atoms with Crippen molar-refractivity contribution in [2.45, 2.75) is 6.92 Å². The van der Waals surface area contributed by atoms with E-state index in [9.17, 15) is 0 Å². The van der Waals surface area contributed by atoms with Crippen molar-refractivity contribution in [3.8, 4) is 22.6 Å². The summed E-state index contributed by atoms with van der Waals surface area (Å²) in [6.45, 7) is 3.52. The predicted molar refractivity (Wildman–Crippen MR) is 81.6 cm³/mol. The van der Waals surface area contributed by atoms with E-state index in [-0.39, 0.29) is 6.79 Å². The number of aliphatic hydroxyl groups excluding tert-OH is 1. The van der Waals surface area contributed by atoms with Crippen LogP contribution < -0.4 is 9.47 Å². The molecule has 0 saturated heterocycles. The minimum Gasteiger partial charge on any atom is -0.491 e. The van der Waals surface area contributed by atoms with Gasteiger partial charge in [-0.1, -0.05) is 24.3 Å². The fraction of sp³-hybridized carbons (Fsp3) is 0.294. The Kier molecular flexibility index (Phi) is 6.06. The quantitative estimate of drug-likeness (QED) is 0.599. The summed E-state index contributed by atoms with van der Waals surface area (Å²) >= 11 is 0. The van der Waals surface area contributed by atoms with Gasteiger partial charge >= 0.3 is 0 Å². The normalized spacial score (nSPS) is 10.4. The van der Waals surface area contributed by atoms with E-state index in [0.717, 1.165) is 16.9 Å². The molecule has 112 valence electrons. The number of hydrogen-bond donors (Lipinski definition) is 1. The van der Waals surface area contributed by atoms with Crippen LogP contribution in [0.1, 0.15) is 6.92 Å². The zero-order valence-electron chi connectivity index (χ0n) is 12.1. The summed E-state index contributed by atoms with van der Waals surface area (Å²) in [4.78, 5) is 0. The molecule has 0 radical (unpaired) electrons. The molecule has 0 amide bonds. The summed E-state index contributed by atoms with van der Waals surface area (Å²) in [6, 6.07) is 15.5. The Bertz CT molecular complexity index is 519. The van der Waals surface area contributed by atoms with Gasteiger partial charge < -0.3 is 19.3 Å². The van der Waals surface area contributed by atoms with Crippen LogP contribution in [0.4, 0.5) is 0 Å². The molecule has 0 saturated carbocycles. The third kappa shape index (κ3) is 4.77. The van der Waals surface area contributed by atoms with Crippen LogP contribution in [-0.4, -0.2) is 31.7 Å². The standard InChI is InChI=1S/C17H20O4/c1-2-19-11-12-20-16-7-3-14(4-8-16)15-5-9-17(10-6-15)21-13-18/h3-10,18H,2,11-13H2,1H3. The highest BCUT2D eigenvalue weighted by molar-refractivity contribution is 5.64. The van der Waals surface area contributed by atoms with Crippen molar-refractivity contribution < 1.29 is 19.3 Å². The van der Waals surface area contributed by atoms with E-state index in [4.69, 9.17) is 19.3 Å². The molecule has 2 rings (SSSR count). The Labute approximate surface area is 124 Å². The molecule has 0 aliphatic heterocycles. The molecule has 4 nitrogen and oxygen atoms in total. The van der Waals surface area contributed by atoms with E-state index in [2.05, 4.69) is 0 Å². The highest BCUT2D eigenvalue weighted by Gasteiger charge is 2.00. The van der Waals surface area contributed by atoms with Crippen LogP contribution in [0.25, 0.3) is 11.1 Å². The van der Waals surface area contributed by atoms with Crippen molar-refractivity contribution in [1.82, 2.24) is 0 Å². The molecule has 0 unspecified atom stereocenters. The van der Waals surface area contributed by atoms with Gasteiger partial charge in [0, 0.05) is 6.61 Å². The molecule has 0 heterocycles. The fourth-order valence-corrected chi connectivity index (χ4v) is 1.92. The number of ether oxygens (including phenoxy) is 3. The molecule has 0 fully saturated rings. The van der Waals surface area contributed by atoms with Gasteiger partial charge in [0.2, 0.25) is 0 Å². The molecular formula is C17H20O4. The lowest BCUT2D eigenvalue weighted by atomic mass is 10.1. The molecule has 0 aliphatic carbocycles.